The Morgan fingerprint density at radius 3 is 3.00 bits per heavy atom. The van der Waals surface area contributed by atoms with Gasteiger partial charge in [-0.2, -0.15) is 5.10 Å². The highest BCUT2D eigenvalue weighted by molar-refractivity contribution is 5.99. The van der Waals surface area contributed by atoms with Crippen LogP contribution in [-0.2, 0) is 11.8 Å². The minimum absolute atomic E-state index is 0.0934. The molecule has 0 bridgehead atoms. The zero-order valence-electron chi connectivity index (χ0n) is 13.7. The lowest BCUT2D eigenvalue weighted by Crippen LogP contribution is -2.22. The van der Waals surface area contributed by atoms with E-state index in [-0.39, 0.29) is 17.2 Å². The summed E-state index contributed by atoms with van der Waals surface area (Å²) in [5, 5.41) is 5.37. The Bertz CT molecular complexity index is 791. The van der Waals surface area contributed by atoms with Crippen molar-refractivity contribution in [2.75, 3.05) is 0 Å². The molecule has 1 aromatic carbocycles. The number of fused-ring (bicyclic) bond motifs is 2. The Morgan fingerprint density at radius 1 is 1.39 bits per heavy atom. The number of carbonyl (C=O) groups is 1. The van der Waals surface area contributed by atoms with Crippen molar-refractivity contribution in [2.45, 2.75) is 32.6 Å². The number of aromatic nitrogens is 1. The molecule has 1 heterocycles. The van der Waals surface area contributed by atoms with Gasteiger partial charge in [0.1, 0.15) is 0 Å². The number of benzene rings is 1. The number of amides is 1. The van der Waals surface area contributed by atoms with E-state index in [4.69, 9.17) is 0 Å². The molecule has 3 atom stereocenters. The number of hydrogen-bond acceptors (Lipinski definition) is 2. The van der Waals surface area contributed by atoms with Gasteiger partial charge in [0.05, 0.1) is 6.21 Å². The number of hydrazone groups is 1. The van der Waals surface area contributed by atoms with Crippen LogP contribution in [0.25, 0.3) is 10.9 Å². The van der Waals surface area contributed by atoms with Gasteiger partial charge in [0.2, 0.25) is 5.91 Å². The topological polar surface area (TPSA) is 46.4 Å². The van der Waals surface area contributed by atoms with Gasteiger partial charge in [-0.1, -0.05) is 38.0 Å². The zero-order valence-corrected chi connectivity index (χ0v) is 13.7. The molecule has 2 aromatic rings. The quantitative estimate of drug-likeness (QED) is 0.685. The van der Waals surface area contributed by atoms with Gasteiger partial charge in [-0.25, -0.2) is 5.43 Å². The molecule has 0 radical (unpaired) electrons. The second-order valence-corrected chi connectivity index (χ2v) is 7.28. The average molecular weight is 309 g/mol. The first-order valence-corrected chi connectivity index (χ1v) is 8.48. The summed E-state index contributed by atoms with van der Waals surface area (Å²) < 4.78 is 2.08. The number of hydrogen-bond donors (Lipinski definition) is 1. The molecule has 1 N–H and O–H groups in total. The highest BCUT2D eigenvalue weighted by atomic mass is 16.2. The van der Waals surface area contributed by atoms with Crippen molar-refractivity contribution in [3.8, 4) is 0 Å². The lowest BCUT2D eigenvalue weighted by atomic mass is 9.90. The van der Waals surface area contributed by atoms with Gasteiger partial charge in [-0.05, 0) is 30.2 Å². The smallest absolute Gasteiger partial charge is 0.244 e. The largest absolute Gasteiger partial charge is 0.350 e. The maximum atomic E-state index is 12.4. The van der Waals surface area contributed by atoms with Crippen molar-refractivity contribution in [1.82, 2.24) is 9.99 Å². The third-order valence-corrected chi connectivity index (χ3v) is 5.92. The van der Waals surface area contributed by atoms with Crippen LogP contribution < -0.4 is 5.43 Å². The lowest BCUT2D eigenvalue weighted by molar-refractivity contribution is -0.123. The molecule has 2 aliphatic rings. The summed E-state index contributed by atoms with van der Waals surface area (Å²) in [6, 6.07) is 8.21. The number of nitrogens with one attached hydrogen (secondary N) is 1. The van der Waals surface area contributed by atoms with E-state index in [1.165, 1.54) is 31.2 Å². The highest BCUT2D eigenvalue weighted by Crippen LogP contribution is 2.66. The van der Waals surface area contributed by atoms with Crippen LogP contribution in [0.15, 0.2) is 35.6 Å². The second-order valence-electron chi connectivity index (χ2n) is 7.28. The molecule has 4 rings (SSSR count). The molecule has 2 aliphatic carbocycles. The first-order chi connectivity index (χ1) is 11.1. The first kappa shape index (κ1) is 14.5. The van der Waals surface area contributed by atoms with E-state index >= 15 is 0 Å². The van der Waals surface area contributed by atoms with E-state index in [2.05, 4.69) is 34.2 Å². The second kappa shape index (κ2) is 5.22. The van der Waals surface area contributed by atoms with Crippen LogP contribution in [0.3, 0.4) is 0 Å². The lowest BCUT2D eigenvalue weighted by Gasteiger charge is -2.15. The molecule has 1 amide bonds. The van der Waals surface area contributed by atoms with Gasteiger partial charge in [0.25, 0.3) is 0 Å². The van der Waals surface area contributed by atoms with Crippen LogP contribution in [0.5, 0.6) is 0 Å². The SMILES string of the molecule is Cn1cc(/C=N\NC(=O)[C@@H]2[C@@H]3CCCC[C@]23C)c2ccccc21. The number of aryl methyl sites for hydroxylation is 1. The number of rotatable bonds is 3. The summed E-state index contributed by atoms with van der Waals surface area (Å²) in [4.78, 5) is 12.4. The van der Waals surface area contributed by atoms with Gasteiger partial charge in [0.15, 0.2) is 0 Å². The number of nitrogens with zero attached hydrogens (tertiary/aromatic N) is 2. The molecule has 120 valence electrons. The average Bonchev–Trinajstić information content (AvgIpc) is 3.07. The monoisotopic (exact) mass is 309 g/mol. The molecule has 0 unspecified atom stereocenters. The summed E-state index contributed by atoms with van der Waals surface area (Å²) in [6.45, 7) is 2.26. The summed E-state index contributed by atoms with van der Waals surface area (Å²) in [5.41, 5.74) is 5.20. The van der Waals surface area contributed by atoms with Crippen molar-refractivity contribution in [2.24, 2.45) is 29.4 Å². The van der Waals surface area contributed by atoms with Gasteiger partial charge in [-0.3, -0.25) is 4.79 Å². The van der Waals surface area contributed by atoms with Gasteiger partial charge < -0.3 is 4.57 Å². The molecule has 4 nitrogen and oxygen atoms in total. The molecular formula is C19H23N3O. The van der Waals surface area contributed by atoms with Gasteiger partial charge in [-0.15, -0.1) is 0 Å². The minimum Gasteiger partial charge on any atom is -0.350 e. The number of para-hydroxylation sites is 1. The van der Waals surface area contributed by atoms with E-state index in [1.807, 2.05) is 25.4 Å². The van der Waals surface area contributed by atoms with E-state index in [0.29, 0.717) is 5.92 Å². The van der Waals surface area contributed by atoms with Crippen molar-refractivity contribution in [3.05, 3.63) is 36.0 Å². The highest BCUT2D eigenvalue weighted by Gasteiger charge is 2.64. The molecule has 0 saturated heterocycles. The van der Waals surface area contributed by atoms with E-state index in [0.717, 1.165) is 10.9 Å². The van der Waals surface area contributed by atoms with E-state index in [9.17, 15) is 4.79 Å². The van der Waals surface area contributed by atoms with Crippen molar-refractivity contribution in [3.63, 3.8) is 0 Å². The molecule has 4 heteroatoms. The van der Waals surface area contributed by atoms with Crippen LogP contribution in [-0.4, -0.2) is 16.7 Å². The van der Waals surface area contributed by atoms with Crippen molar-refractivity contribution in [1.29, 1.82) is 0 Å². The fourth-order valence-electron chi connectivity index (χ4n) is 4.56. The van der Waals surface area contributed by atoms with Crippen LogP contribution in [0, 0.1) is 17.3 Å². The Kier molecular flexibility index (Phi) is 3.29. The first-order valence-electron chi connectivity index (χ1n) is 8.48. The van der Waals surface area contributed by atoms with Gasteiger partial charge >= 0.3 is 0 Å². The molecule has 0 aliphatic heterocycles. The third-order valence-electron chi connectivity index (χ3n) is 5.92. The summed E-state index contributed by atoms with van der Waals surface area (Å²) in [7, 11) is 2.02. The zero-order chi connectivity index (χ0) is 16.0. The van der Waals surface area contributed by atoms with E-state index in [1.54, 1.807) is 6.21 Å². The van der Waals surface area contributed by atoms with Gasteiger partial charge in [0, 0.05) is 35.6 Å². The van der Waals surface area contributed by atoms with Crippen LogP contribution in [0.2, 0.25) is 0 Å². The minimum atomic E-state index is 0.0934. The maximum absolute atomic E-state index is 12.4. The molecule has 0 spiro atoms. The van der Waals surface area contributed by atoms with Crippen molar-refractivity contribution < 1.29 is 4.79 Å². The Labute approximate surface area is 136 Å². The fourth-order valence-corrected chi connectivity index (χ4v) is 4.56. The number of carbonyl (C=O) groups excluding carboxylic acids is 1. The molecule has 2 fully saturated rings. The summed E-state index contributed by atoms with van der Waals surface area (Å²) in [5.74, 6) is 0.828. The predicted molar refractivity (Wildman–Crippen MR) is 92.2 cm³/mol. The standard InChI is InChI=1S/C19H23N3O/c1-19-10-6-5-8-15(19)17(19)18(23)21-20-11-13-12-22(2)16-9-4-3-7-14(13)16/h3-4,7,9,11-12,15,17H,5-6,8,10H2,1-2H3,(H,21,23)/b20-11-/t15-,17-,19-/m0/s1. The molecule has 2 saturated carbocycles. The predicted octanol–water partition coefficient (Wildman–Crippen LogP) is 3.45. The molecule has 1 aromatic heterocycles. The normalized spacial score (nSPS) is 29.7. The van der Waals surface area contributed by atoms with Crippen LogP contribution in [0.4, 0.5) is 0 Å². The van der Waals surface area contributed by atoms with Crippen molar-refractivity contribution >= 4 is 23.0 Å². The third kappa shape index (κ3) is 2.28. The fraction of sp³-hybridized carbons (Fsp3) is 0.474. The maximum Gasteiger partial charge on any atom is 0.244 e. The summed E-state index contributed by atoms with van der Waals surface area (Å²) in [6.07, 6.45) is 8.71. The summed E-state index contributed by atoms with van der Waals surface area (Å²) >= 11 is 0. The van der Waals surface area contributed by atoms with Crippen LogP contribution in [0.1, 0.15) is 38.2 Å². The Hall–Kier alpha value is -2.10. The van der Waals surface area contributed by atoms with Crippen LogP contribution >= 0.6 is 0 Å². The Morgan fingerprint density at radius 2 is 2.22 bits per heavy atom. The Balaban J connectivity index is 1.46. The molecular weight excluding hydrogens is 286 g/mol. The molecule has 23 heavy (non-hydrogen) atoms. The van der Waals surface area contributed by atoms with E-state index < -0.39 is 0 Å².